The number of amides is 1. The summed E-state index contributed by atoms with van der Waals surface area (Å²) in [6.45, 7) is 1.37. The van der Waals surface area contributed by atoms with Crippen LogP contribution in [0.4, 0.5) is 0 Å². The number of aromatic nitrogens is 4. The maximum Gasteiger partial charge on any atom is 0.233 e. The molecule has 0 radical (unpaired) electrons. The van der Waals surface area contributed by atoms with Crippen molar-refractivity contribution in [1.82, 2.24) is 25.1 Å². The molecule has 3 heterocycles. The molecule has 2 atom stereocenters. The number of carbonyl (C=O) groups excluding carboxylic acids is 1. The van der Waals surface area contributed by atoms with E-state index in [9.17, 15) is 13.2 Å². The van der Waals surface area contributed by atoms with Crippen LogP contribution in [-0.2, 0) is 25.9 Å². The zero-order valence-corrected chi connectivity index (χ0v) is 16.1. The number of hydrogen-bond donors (Lipinski definition) is 0. The Morgan fingerprint density at radius 1 is 1.27 bits per heavy atom. The molecule has 0 aromatic carbocycles. The molecular weight excluding hydrogens is 378 g/mol. The number of sulfone groups is 1. The molecule has 1 aromatic rings. The maximum absolute atomic E-state index is 12.8. The van der Waals surface area contributed by atoms with E-state index in [-0.39, 0.29) is 41.4 Å². The summed E-state index contributed by atoms with van der Waals surface area (Å²) in [4.78, 5) is 14.6. The third-order valence-electron chi connectivity index (χ3n) is 5.05. The Labute approximate surface area is 156 Å². The Morgan fingerprint density at radius 2 is 2.12 bits per heavy atom. The summed E-state index contributed by atoms with van der Waals surface area (Å²) in [6, 6.07) is 0.0211. The summed E-state index contributed by atoms with van der Waals surface area (Å²) >= 11 is 1.31. The van der Waals surface area contributed by atoms with Gasteiger partial charge in [0, 0.05) is 18.7 Å². The monoisotopic (exact) mass is 401 g/mol. The highest BCUT2D eigenvalue weighted by molar-refractivity contribution is 7.99. The topological polar surface area (TPSA) is 107 Å². The average molecular weight is 402 g/mol. The molecule has 1 aliphatic carbocycles. The lowest BCUT2D eigenvalue weighted by molar-refractivity contribution is -0.130. The number of rotatable bonds is 7. The zero-order chi connectivity index (χ0) is 18.1. The first kappa shape index (κ1) is 18.2. The SMILES string of the molecule is O=C(CSc1nnnn1C[C@H]1CCCO1)N(C1CC1)[C@@H]1CCS(=O)(=O)C1. The van der Waals surface area contributed by atoms with E-state index in [4.69, 9.17) is 4.74 Å². The van der Waals surface area contributed by atoms with Gasteiger partial charge in [-0.05, 0) is 42.5 Å². The molecule has 2 saturated heterocycles. The van der Waals surface area contributed by atoms with Crippen LogP contribution in [-0.4, -0.2) is 81.5 Å². The smallest absolute Gasteiger partial charge is 0.233 e. The second-order valence-electron chi connectivity index (χ2n) is 7.16. The zero-order valence-electron chi connectivity index (χ0n) is 14.5. The van der Waals surface area contributed by atoms with Crippen molar-refractivity contribution in [2.45, 2.75) is 62.0 Å². The van der Waals surface area contributed by atoms with Gasteiger partial charge in [-0.15, -0.1) is 5.10 Å². The number of ether oxygens (including phenoxy) is 1. The fourth-order valence-corrected chi connectivity index (χ4v) is 6.12. The molecule has 1 aromatic heterocycles. The lowest BCUT2D eigenvalue weighted by Crippen LogP contribution is -2.43. The summed E-state index contributed by atoms with van der Waals surface area (Å²) in [5, 5.41) is 12.3. The van der Waals surface area contributed by atoms with E-state index in [2.05, 4.69) is 15.5 Å². The fourth-order valence-electron chi connectivity index (χ4n) is 3.65. The Morgan fingerprint density at radius 3 is 2.77 bits per heavy atom. The van der Waals surface area contributed by atoms with E-state index in [0.29, 0.717) is 18.1 Å². The predicted octanol–water partition coefficient (Wildman–Crippen LogP) is 0.122. The Hall–Kier alpha value is -1.20. The summed E-state index contributed by atoms with van der Waals surface area (Å²) in [7, 11) is -3.01. The van der Waals surface area contributed by atoms with Crippen molar-refractivity contribution in [3.63, 3.8) is 0 Å². The van der Waals surface area contributed by atoms with Crippen LogP contribution in [0.5, 0.6) is 0 Å². The van der Waals surface area contributed by atoms with Gasteiger partial charge in [-0.1, -0.05) is 11.8 Å². The van der Waals surface area contributed by atoms with E-state index in [1.807, 2.05) is 4.90 Å². The van der Waals surface area contributed by atoms with E-state index in [1.54, 1.807) is 4.68 Å². The van der Waals surface area contributed by atoms with E-state index < -0.39 is 9.84 Å². The van der Waals surface area contributed by atoms with Gasteiger partial charge in [0.15, 0.2) is 9.84 Å². The molecule has 11 heteroatoms. The van der Waals surface area contributed by atoms with Crippen molar-refractivity contribution in [3.8, 4) is 0 Å². The second kappa shape index (κ2) is 7.43. The quantitative estimate of drug-likeness (QED) is 0.593. The molecule has 4 rings (SSSR count). The van der Waals surface area contributed by atoms with Crippen molar-refractivity contribution < 1.29 is 17.9 Å². The number of hydrogen-bond acceptors (Lipinski definition) is 8. The van der Waals surface area contributed by atoms with Crippen molar-refractivity contribution in [2.75, 3.05) is 23.9 Å². The van der Waals surface area contributed by atoms with Crippen LogP contribution < -0.4 is 0 Å². The molecule has 3 aliphatic rings. The van der Waals surface area contributed by atoms with Crippen molar-refractivity contribution in [2.24, 2.45) is 0 Å². The van der Waals surface area contributed by atoms with Crippen LogP contribution >= 0.6 is 11.8 Å². The molecule has 144 valence electrons. The molecule has 0 unspecified atom stereocenters. The van der Waals surface area contributed by atoms with Crippen molar-refractivity contribution >= 4 is 27.5 Å². The summed E-state index contributed by atoms with van der Waals surface area (Å²) < 4.78 is 30.9. The van der Waals surface area contributed by atoms with Crippen LogP contribution in [0.3, 0.4) is 0 Å². The highest BCUT2D eigenvalue weighted by Gasteiger charge is 2.42. The van der Waals surface area contributed by atoms with Crippen molar-refractivity contribution in [1.29, 1.82) is 0 Å². The van der Waals surface area contributed by atoms with Crippen LogP contribution in [0.25, 0.3) is 0 Å². The van der Waals surface area contributed by atoms with Gasteiger partial charge in [0.2, 0.25) is 11.1 Å². The van der Waals surface area contributed by atoms with Crippen LogP contribution in [0.2, 0.25) is 0 Å². The minimum atomic E-state index is -3.01. The number of carbonyl (C=O) groups is 1. The maximum atomic E-state index is 12.8. The van der Waals surface area contributed by atoms with Gasteiger partial charge in [-0.3, -0.25) is 4.79 Å². The van der Waals surface area contributed by atoms with Gasteiger partial charge in [0.25, 0.3) is 0 Å². The van der Waals surface area contributed by atoms with Gasteiger partial charge in [-0.25, -0.2) is 13.1 Å². The van der Waals surface area contributed by atoms with Crippen LogP contribution in [0.15, 0.2) is 5.16 Å². The molecule has 1 amide bonds. The molecule has 26 heavy (non-hydrogen) atoms. The Kier molecular flexibility index (Phi) is 5.20. The first-order valence-electron chi connectivity index (χ1n) is 9.04. The molecule has 0 N–H and O–H groups in total. The third-order valence-corrected chi connectivity index (χ3v) is 7.75. The minimum Gasteiger partial charge on any atom is -0.376 e. The molecule has 3 fully saturated rings. The molecular formula is C15H23N5O4S2. The molecule has 9 nitrogen and oxygen atoms in total. The van der Waals surface area contributed by atoms with E-state index >= 15 is 0 Å². The highest BCUT2D eigenvalue weighted by Crippen LogP contribution is 2.33. The lowest BCUT2D eigenvalue weighted by atomic mass is 10.2. The van der Waals surface area contributed by atoms with Crippen LogP contribution in [0, 0.1) is 0 Å². The lowest BCUT2D eigenvalue weighted by Gasteiger charge is -2.28. The summed E-state index contributed by atoms with van der Waals surface area (Å²) in [5.74, 6) is 0.475. The van der Waals surface area contributed by atoms with E-state index in [1.165, 1.54) is 11.8 Å². The first-order valence-corrected chi connectivity index (χ1v) is 11.8. The second-order valence-corrected chi connectivity index (χ2v) is 10.3. The van der Waals surface area contributed by atoms with Gasteiger partial charge in [0.05, 0.1) is 29.9 Å². The number of thioether (sulfide) groups is 1. The van der Waals surface area contributed by atoms with Gasteiger partial charge in [-0.2, -0.15) is 0 Å². The van der Waals surface area contributed by atoms with Crippen LogP contribution in [0.1, 0.15) is 32.1 Å². The number of nitrogens with zero attached hydrogens (tertiary/aromatic N) is 5. The molecule has 1 saturated carbocycles. The first-order chi connectivity index (χ1) is 12.5. The van der Waals surface area contributed by atoms with Gasteiger partial charge in [0.1, 0.15) is 0 Å². The normalized spacial score (nSPS) is 27.7. The minimum absolute atomic E-state index is 0.0220. The summed E-state index contributed by atoms with van der Waals surface area (Å²) in [5.41, 5.74) is 0. The van der Waals surface area contributed by atoms with E-state index in [0.717, 1.165) is 32.3 Å². The molecule has 2 aliphatic heterocycles. The molecule has 0 spiro atoms. The number of tetrazole rings is 1. The molecule has 0 bridgehead atoms. The standard InChI is InChI=1S/C15H23N5O4S2/c21-14(20(11-3-4-11)12-5-7-26(22,23)10-12)9-25-15-16-17-18-19(15)8-13-2-1-6-24-13/h11-13H,1-10H2/t12-,13-/m1/s1. The van der Waals surface area contributed by atoms with Gasteiger partial charge >= 0.3 is 0 Å². The fraction of sp³-hybridized carbons (Fsp3) is 0.867. The Balaban J connectivity index is 1.36. The predicted molar refractivity (Wildman–Crippen MR) is 94.4 cm³/mol. The Bertz CT molecular complexity index is 758. The van der Waals surface area contributed by atoms with Gasteiger partial charge < -0.3 is 9.64 Å². The largest absolute Gasteiger partial charge is 0.376 e. The highest BCUT2D eigenvalue weighted by atomic mass is 32.2. The van der Waals surface area contributed by atoms with Crippen molar-refractivity contribution in [3.05, 3.63) is 0 Å². The summed E-state index contributed by atoms with van der Waals surface area (Å²) in [6.07, 6.45) is 4.64. The third kappa shape index (κ3) is 4.20. The average Bonchev–Trinajstić information content (AvgIpc) is 2.97.